The Morgan fingerprint density at radius 1 is 0.919 bits per heavy atom. The first-order valence-corrected chi connectivity index (χ1v) is 12.0. The van der Waals surface area contributed by atoms with Gasteiger partial charge in [-0.1, -0.05) is 0 Å². The van der Waals surface area contributed by atoms with Gasteiger partial charge in [-0.25, -0.2) is 9.59 Å². The van der Waals surface area contributed by atoms with Crippen LogP contribution in [0.5, 0.6) is 11.5 Å². The van der Waals surface area contributed by atoms with Crippen molar-refractivity contribution in [1.29, 1.82) is 0 Å². The van der Waals surface area contributed by atoms with Gasteiger partial charge in [0.15, 0.2) is 17.2 Å². The smallest absolute Gasteiger partial charge is 0.347 e. The van der Waals surface area contributed by atoms with E-state index in [-0.39, 0.29) is 30.2 Å². The van der Waals surface area contributed by atoms with Crippen LogP contribution in [0.2, 0.25) is 0 Å². The number of Topliss-reactive ketones (excluding diaryl/α,β-unsaturated/α-hetero) is 2. The van der Waals surface area contributed by atoms with Gasteiger partial charge in [0.1, 0.15) is 11.5 Å². The summed E-state index contributed by atoms with van der Waals surface area (Å²) in [5.41, 5.74) is 1.67. The average Bonchev–Trinajstić information content (AvgIpc) is 2.83. The zero-order valence-electron chi connectivity index (χ0n) is 22.7. The van der Waals surface area contributed by atoms with Crippen LogP contribution in [0.15, 0.2) is 22.3 Å². The summed E-state index contributed by atoms with van der Waals surface area (Å²) in [5, 5.41) is 37.7. The van der Waals surface area contributed by atoms with E-state index in [1.807, 2.05) is 20.8 Å². The monoisotopic (exact) mass is 516 g/mol. The number of ether oxygens (including phenoxy) is 1. The maximum atomic E-state index is 12.1. The van der Waals surface area contributed by atoms with Crippen molar-refractivity contribution < 1.29 is 44.3 Å². The number of carbonyl (C=O) groups is 4. The van der Waals surface area contributed by atoms with Crippen molar-refractivity contribution >= 4 is 23.5 Å². The predicted molar refractivity (Wildman–Crippen MR) is 136 cm³/mol. The van der Waals surface area contributed by atoms with Crippen molar-refractivity contribution in [2.45, 2.75) is 92.3 Å². The number of benzene rings is 1. The van der Waals surface area contributed by atoms with Crippen molar-refractivity contribution in [2.24, 2.45) is 0 Å². The summed E-state index contributed by atoms with van der Waals surface area (Å²) in [6, 6.07) is 0. The third-order valence-corrected chi connectivity index (χ3v) is 7.61. The fraction of sp³-hybridized carbons (Fsp3) is 0.500. The van der Waals surface area contributed by atoms with E-state index in [4.69, 9.17) is 9.84 Å². The number of carboxylic acids is 2. The molecule has 0 radical (unpaired) electrons. The minimum atomic E-state index is -1.90. The van der Waals surface area contributed by atoms with E-state index < -0.39 is 23.1 Å². The van der Waals surface area contributed by atoms with E-state index in [0.29, 0.717) is 40.9 Å². The van der Waals surface area contributed by atoms with E-state index in [9.17, 15) is 34.5 Å². The number of ketones is 2. The van der Waals surface area contributed by atoms with Gasteiger partial charge in [0, 0.05) is 34.3 Å². The average molecular weight is 517 g/mol. The van der Waals surface area contributed by atoms with Crippen molar-refractivity contribution in [1.82, 2.24) is 0 Å². The zero-order valence-corrected chi connectivity index (χ0v) is 22.7. The molecule has 0 aromatic heterocycles. The minimum absolute atomic E-state index is 0.0698. The number of carbonyl (C=O) groups excluding carboxylic acids is 2. The first-order valence-electron chi connectivity index (χ1n) is 12.0. The molecule has 202 valence electrons. The first kappa shape index (κ1) is 29.8. The second kappa shape index (κ2) is 10.5. The second-order valence-electron chi connectivity index (χ2n) is 10.3. The molecule has 0 spiro atoms. The Hall–Kier alpha value is -3.46. The van der Waals surface area contributed by atoms with Gasteiger partial charge >= 0.3 is 11.9 Å². The molecule has 0 saturated heterocycles. The number of allylic oxidation sites excluding steroid dienone is 4. The topological polar surface area (TPSA) is 158 Å². The van der Waals surface area contributed by atoms with Crippen LogP contribution in [0.25, 0.3) is 0 Å². The van der Waals surface area contributed by atoms with Gasteiger partial charge in [-0.05, 0) is 91.3 Å². The van der Waals surface area contributed by atoms with Crippen molar-refractivity contribution in [3.63, 3.8) is 0 Å². The van der Waals surface area contributed by atoms with Crippen LogP contribution < -0.4 is 4.74 Å². The largest absolute Gasteiger partial charge is 0.507 e. The SMILES string of the molecule is CC1=C(C)C(=O)C(CCC(C)(O)C(=O)O)=C(C)C1=O.Cc1c(C)c2c(c(C)c1O)CCC(C)(C(=O)O)O2. The Bertz CT molecular complexity index is 1250. The molecule has 37 heavy (non-hydrogen) atoms. The second-order valence-corrected chi connectivity index (χ2v) is 10.3. The molecule has 2 atom stereocenters. The molecule has 1 aliphatic carbocycles. The molecular weight excluding hydrogens is 480 g/mol. The zero-order chi connectivity index (χ0) is 28.6. The molecule has 0 bridgehead atoms. The lowest BCUT2D eigenvalue weighted by molar-refractivity contribution is -0.157. The van der Waals surface area contributed by atoms with Crippen molar-refractivity contribution in [3.05, 3.63) is 44.5 Å². The van der Waals surface area contributed by atoms with Gasteiger partial charge in [0.2, 0.25) is 5.60 Å². The van der Waals surface area contributed by atoms with Gasteiger partial charge < -0.3 is 25.2 Å². The first-order chi connectivity index (χ1) is 16.9. The Kier molecular flexibility index (Phi) is 8.44. The number of phenolic OH excluding ortho intramolecular Hbond substituents is 1. The van der Waals surface area contributed by atoms with Crippen molar-refractivity contribution in [2.75, 3.05) is 0 Å². The van der Waals surface area contributed by atoms with E-state index in [0.717, 1.165) is 22.3 Å². The van der Waals surface area contributed by atoms with E-state index in [1.165, 1.54) is 6.92 Å². The summed E-state index contributed by atoms with van der Waals surface area (Å²) in [6.07, 6.45) is 0.984. The Labute approximate surface area is 216 Å². The number of rotatable bonds is 5. The van der Waals surface area contributed by atoms with Crippen LogP contribution in [0.4, 0.5) is 0 Å². The number of phenols is 1. The highest BCUT2D eigenvalue weighted by molar-refractivity contribution is 6.24. The number of hydrogen-bond donors (Lipinski definition) is 4. The van der Waals surface area contributed by atoms with Crippen LogP contribution >= 0.6 is 0 Å². The van der Waals surface area contributed by atoms with E-state index in [2.05, 4.69) is 0 Å². The van der Waals surface area contributed by atoms with Gasteiger partial charge in [0.25, 0.3) is 0 Å². The highest BCUT2D eigenvalue weighted by Gasteiger charge is 2.40. The summed E-state index contributed by atoms with van der Waals surface area (Å²) in [6.45, 7) is 13.0. The Morgan fingerprint density at radius 3 is 1.97 bits per heavy atom. The molecule has 1 aromatic rings. The van der Waals surface area contributed by atoms with Crippen LogP contribution in [0, 0.1) is 20.8 Å². The molecule has 0 amide bonds. The lowest BCUT2D eigenvalue weighted by atomic mass is 9.82. The maximum Gasteiger partial charge on any atom is 0.347 e. The standard InChI is InChI=1S/C14H18O5.C14H18O4/c1-7-8(2)12(16)10(9(3)11(7)15)5-6-14(4,19)13(17)18;1-7-8(2)12-10(9(3)11(7)15)5-6-14(4,18-12)13(16)17/h19H,5-6H2,1-4H3,(H,17,18);15H,5-6H2,1-4H3,(H,16,17). The fourth-order valence-corrected chi connectivity index (χ4v) is 4.33. The third kappa shape index (κ3) is 5.61. The number of carboxylic acid groups (broad SMARTS) is 2. The highest BCUT2D eigenvalue weighted by Crippen LogP contribution is 2.43. The fourth-order valence-electron chi connectivity index (χ4n) is 4.33. The van der Waals surface area contributed by atoms with Crippen LogP contribution in [-0.4, -0.2) is 55.1 Å². The van der Waals surface area contributed by atoms with Crippen LogP contribution in [0.3, 0.4) is 0 Å². The Balaban J connectivity index is 0.000000260. The molecule has 0 fully saturated rings. The molecule has 9 nitrogen and oxygen atoms in total. The summed E-state index contributed by atoms with van der Waals surface area (Å²) < 4.78 is 5.72. The quantitative estimate of drug-likeness (QED) is 0.426. The molecule has 1 heterocycles. The molecular formula is C28H36O9. The minimum Gasteiger partial charge on any atom is -0.507 e. The molecule has 4 N–H and O–H groups in total. The lowest BCUT2D eigenvalue weighted by Gasteiger charge is -2.34. The summed E-state index contributed by atoms with van der Waals surface area (Å²) in [7, 11) is 0. The maximum absolute atomic E-state index is 12.1. The molecule has 3 rings (SSSR count). The predicted octanol–water partition coefficient (Wildman–Crippen LogP) is 3.89. The summed E-state index contributed by atoms with van der Waals surface area (Å²) in [4.78, 5) is 46.1. The molecule has 1 aromatic carbocycles. The van der Waals surface area contributed by atoms with Crippen molar-refractivity contribution in [3.8, 4) is 11.5 Å². The highest BCUT2D eigenvalue weighted by atomic mass is 16.5. The number of hydrogen-bond acceptors (Lipinski definition) is 7. The lowest BCUT2D eigenvalue weighted by Crippen LogP contribution is -2.44. The Morgan fingerprint density at radius 2 is 1.46 bits per heavy atom. The molecule has 0 saturated carbocycles. The third-order valence-electron chi connectivity index (χ3n) is 7.61. The van der Waals surface area contributed by atoms with Crippen LogP contribution in [-0.2, 0) is 25.6 Å². The van der Waals surface area contributed by atoms with Gasteiger partial charge in [0.05, 0.1) is 0 Å². The van der Waals surface area contributed by atoms with E-state index >= 15 is 0 Å². The molecule has 9 heteroatoms. The van der Waals surface area contributed by atoms with Gasteiger partial charge in [-0.3, -0.25) is 9.59 Å². The van der Waals surface area contributed by atoms with Crippen LogP contribution in [0.1, 0.15) is 76.1 Å². The number of aliphatic hydroxyl groups is 1. The number of aromatic hydroxyl groups is 1. The number of aliphatic carboxylic acids is 2. The summed E-state index contributed by atoms with van der Waals surface area (Å²) >= 11 is 0. The molecule has 2 aliphatic rings. The van der Waals surface area contributed by atoms with E-state index in [1.54, 1.807) is 27.7 Å². The normalized spacial score (nSPS) is 21.0. The molecule has 1 aliphatic heterocycles. The van der Waals surface area contributed by atoms with Gasteiger partial charge in [-0.2, -0.15) is 0 Å². The number of fused-ring (bicyclic) bond motifs is 1. The van der Waals surface area contributed by atoms with Gasteiger partial charge in [-0.15, -0.1) is 0 Å². The molecule has 2 unspecified atom stereocenters. The summed E-state index contributed by atoms with van der Waals surface area (Å²) in [5.74, 6) is -1.81.